The van der Waals surface area contributed by atoms with Gasteiger partial charge >= 0.3 is 5.97 Å². The second-order valence-corrected chi connectivity index (χ2v) is 5.38. The first-order chi connectivity index (χ1) is 9.94. The van der Waals surface area contributed by atoms with Gasteiger partial charge in [-0.05, 0) is 24.5 Å². The molecule has 1 atom stereocenters. The Morgan fingerprint density at radius 3 is 2.48 bits per heavy atom. The highest BCUT2D eigenvalue weighted by atomic mass is 35.5. The van der Waals surface area contributed by atoms with E-state index in [2.05, 4.69) is 0 Å². The fourth-order valence-electron chi connectivity index (χ4n) is 2.06. The number of esters is 1. The van der Waals surface area contributed by atoms with Crippen LogP contribution in [-0.4, -0.2) is 30.1 Å². The SMILES string of the molecule is CCC(O)(CC)OC(CC(=O)OC)Cc1ccccc1Cl. The lowest BCUT2D eigenvalue weighted by molar-refractivity contribution is -0.234. The van der Waals surface area contributed by atoms with Crippen LogP contribution < -0.4 is 0 Å². The molecule has 0 aliphatic rings. The highest BCUT2D eigenvalue weighted by molar-refractivity contribution is 6.31. The monoisotopic (exact) mass is 314 g/mol. The Bertz CT molecular complexity index is 457. The van der Waals surface area contributed by atoms with Crippen molar-refractivity contribution in [3.63, 3.8) is 0 Å². The Balaban J connectivity index is 2.87. The summed E-state index contributed by atoms with van der Waals surface area (Å²) in [5.74, 6) is -1.61. The number of hydrogen-bond donors (Lipinski definition) is 1. The predicted octanol–water partition coefficient (Wildman–Crippen LogP) is 3.34. The lowest BCUT2D eigenvalue weighted by Crippen LogP contribution is -2.37. The largest absolute Gasteiger partial charge is 0.469 e. The van der Waals surface area contributed by atoms with Gasteiger partial charge < -0.3 is 14.6 Å². The molecule has 118 valence electrons. The maximum Gasteiger partial charge on any atom is 0.308 e. The molecule has 5 heteroatoms. The van der Waals surface area contributed by atoms with Crippen molar-refractivity contribution in [1.29, 1.82) is 0 Å². The van der Waals surface area contributed by atoms with Crippen molar-refractivity contribution in [2.75, 3.05) is 7.11 Å². The van der Waals surface area contributed by atoms with Gasteiger partial charge in [-0.3, -0.25) is 4.79 Å². The van der Waals surface area contributed by atoms with E-state index in [4.69, 9.17) is 21.1 Å². The van der Waals surface area contributed by atoms with Crippen molar-refractivity contribution in [2.24, 2.45) is 0 Å². The van der Waals surface area contributed by atoms with Gasteiger partial charge in [0.1, 0.15) is 0 Å². The Hall–Kier alpha value is -1.10. The molecule has 1 rings (SSSR count). The highest BCUT2D eigenvalue weighted by Crippen LogP contribution is 2.25. The minimum atomic E-state index is -1.24. The summed E-state index contributed by atoms with van der Waals surface area (Å²) < 4.78 is 10.5. The molecule has 0 saturated heterocycles. The van der Waals surface area contributed by atoms with Crippen molar-refractivity contribution in [3.05, 3.63) is 34.9 Å². The summed E-state index contributed by atoms with van der Waals surface area (Å²) in [6.45, 7) is 3.68. The fourth-order valence-corrected chi connectivity index (χ4v) is 2.27. The highest BCUT2D eigenvalue weighted by Gasteiger charge is 2.29. The standard InChI is InChI=1S/C16H23ClO4/c1-4-16(19,5-2)21-13(11-15(18)20-3)10-12-8-6-7-9-14(12)17/h6-9,13,19H,4-5,10-11H2,1-3H3. The molecule has 0 amide bonds. The van der Waals surface area contributed by atoms with E-state index in [0.29, 0.717) is 24.3 Å². The molecule has 0 bridgehead atoms. The second kappa shape index (κ2) is 8.37. The van der Waals surface area contributed by atoms with Crippen molar-refractivity contribution in [3.8, 4) is 0 Å². The molecule has 21 heavy (non-hydrogen) atoms. The van der Waals surface area contributed by atoms with Crippen molar-refractivity contribution >= 4 is 17.6 Å². The van der Waals surface area contributed by atoms with Gasteiger partial charge in [0, 0.05) is 11.4 Å². The molecular weight excluding hydrogens is 292 g/mol. The number of ether oxygens (including phenoxy) is 2. The van der Waals surface area contributed by atoms with Crippen LogP contribution >= 0.6 is 11.6 Å². The van der Waals surface area contributed by atoms with Crippen LogP contribution in [0.5, 0.6) is 0 Å². The first-order valence-electron chi connectivity index (χ1n) is 7.14. The van der Waals surface area contributed by atoms with Gasteiger partial charge in [0.05, 0.1) is 19.6 Å². The minimum Gasteiger partial charge on any atom is -0.469 e. The number of rotatable bonds is 8. The number of aliphatic hydroxyl groups is 1. The molecule has 1 N–H and O–H groups in total. The fraction of sp³-hybridized carbons (Fsp3) is 0.562. The van der Waals surface area contributed by atoms with E-state index in [9.17, 15) is 9.90 Å². The third-order valence-electron chi connectivity index (χ3n) is 3.52. The van der Waals surface area contributed by atoms with Crippen LogP contribution in [0.3, 0.4) is 0 Å². The van der Waals surface area contributed by atoms with Crippen LogP contribution in [0.25, 0.3) is 0 Å². The first kappa shape index (κ1) is 18.0. The molecule has 4 nitrogen and oxygen atoms in total. The number of benzene rings is 1. The predicted molar refractivity (Wildman–Crippen MR) is 82.2 cm³/mol. The Kier molecular flexibility index (Phi) is 7.15. The number of carbonyl (C=O) groups is 1. The van der Waals surface area contributed by atoms with Gasteiger partial charge in [-0.15, -0.1) is 0 Å². The first-order valence-corrected chi connectivity index (χ1v) is 7.52. The van der Waals surface area contributed by atoms with Crippen molar-refractivity contribution in [2.45, 2.75) is 51.4 Å². The Labute approximate surface area is 131 Å². The maximum atomic E-state index is 11.5. The number of methoxy groups -OCH3 is 1. The van der Waals surface area contributed by atoms with Crippen LogP contribution in [-0.2, 0) is 20.7 Å². The smallest absolute Gasteiger partial charge is 0.308 e. The summed E-state index contributed by atoms with van der Waals surface area (Å²) in [4.78, 5) is 11.5. The van der Waals surface area contributed by atoms with Gasteiger partial charge in [-0.2, -0.15) is 0 Å². The van der Waals surface area contributed by atoms with E-state index < -0.39 is 11.9 Å². The molecule has 0 saturated carbocycles. The quantitative estimate of drug-likeness (QED) is 0.590. The molecule has 1 unspecified atom stereocenters. The van der Waals surface area contributed by atoms with E-state index in [0.717, 1.165) is 5.56 Å². The molecule has 0 aromatic heterocycles. The van der Waals surface area contributed by atoms with Gasteiger partial charge in [0.2, 0.25) is 0 Å². The van der Waals surface area contributed by atoms with E-state index in [1.54, 1.807) is 6.07 Å². The average Bonchev–Trinajstić information content (AvgIpc) is 2.49. The van der Waals surface area contributed by atoms with Crippen LogP contribution in [0.15, 0.2) is 24.3 Å². The zero-order valence-electron chi connectivity index (χ0n) is 12.8. The summed E-state index contributed by atoms with van der Waals surface area (Å²) in [5.41, 5.74) is 0.877. The molecule has 0 aliphatic heterocycles. The summed E-state index contributed by atoms with van der Waals surface area (Å²) in [6.07, 6.45) is 0.927. The summed E-state index contributed by atoms with van der Waals surface area (Å²) in [5, 5.41) is 10.9. The maximum absolute atomic E-state index is 11.5. The van der Waals surface area contributed by atoms with Crippen molar-refractivity contribution < 1.29 is 19.4 Å². The van der Waals surface area contributed by atoms with Crippen LogP contribution in [0.2, 0.25) is 5.02 Å². The molecule has 1 aromatic rings. The zero-order valence-corrected chi connectivity index (χ0v) is 13.5. The minimum absolute atomic E-state index is 0.0734. The Morgan fingerprint density at radius 1 is 1.33 bits per heavy atom. The normalized spacial score (nSPS) is 13.0. The van der Waals surface area contributed by atoms with Gasteiger partial charge in [0.25, 0.3) is 0 Å². The van der Waals surface area contributed by atoms with E-state index >= 15 is 0 Å². The van der Waals surface area contributed by atoms with Gasteiger partial charge in [-0.25, -0.2) is 0 Å². The van der Waals surface area contributed by atoms with Gasteiger partial charge in [0.15, 0.2) is 5.79 Å². The summed E-state index contributed by atoms with van der Waals surface area (Å²) in [7, 11) is 1.33. The lowest BCUT2D eigenvalue weighted by Gasteiger charge is -2.31. The molecule has 0 fully saturated rings. The lowest BCUT2D eigenvalue weighted by atomic mass is 10.0. The molecule has 0 aliphatic carbocycles. The zero-order chi connectivity index (χ0) is 15.9. The topological polar surface area (TPSA) is 55.8 Å². The Morgan fingerprint density at radius 2 is 1.95 bits per heavy atom. The van der Waals surface area contributed by atoms with Crippen LogP contribution in [0.4, 0.5) is 0 Å². The van der Waals surface area contributed by atoms with Crippen LogP contribution in [0.1, 0.15) is 38.7 Å². The van der Waals surface area contributed by atoms with Crippen molar-refractivity contribution in [1.82, 2.24) is 0 Å². The molecule has 1 aromatic carbocycles. The molecule has 0 spiro atoms. The number of halogens is 1. The number of hydrogen-bond acceptors (Lipinski definition) is 4. The van der Waals surface area contributed by atoms with Crippen LogP contribution in [0, 0.1) is 0 Å². The average molecular weight is 315 g/mol. The third kappa shape index (κ3) is 5.65. The molecule has 0 radical (unpaired) electrons. The summed E-state index contributed by atoms with van der Waals surface area (Å²) >= 11 is 6.14. The number of carbonyl (C=O) groups excluding carboxylic acids is 1. The third-order valence-corrected chi connectivity index (χ3v) is 3.89. The summed E-state index contributed by atoms with van der Waals surface area (Å²) in [6, 6.07) is 7.39. The van der Waals surface area contributed by atoms with E-state index in [-0.39, 0.29) is 12.4 Å². The van der Waals surface area contributed by atoms with Gasteiger partial charge in [-0.1, -0.05) is 43.6 Å². The second-order valence-electron chi connectivity index (χ2n) is 4.97. The molecule has 0 heterocycles. The van der Waals surface area contributed by atoms with E-state index in [1.165, 1.54) is 7.11 Å². The molecular formula is C16H23ClO4. The van der Waals surface area contributed by atoms with E-state index in [1.807, 2.05) is 32.0 Å².